The Balaban J connectivity index is 1.20. The second-order valence-corrected chi connectivity index (χ2v) is 12.6. The Morgan fingerprint density at radius 1 is 0.837 bits per heavy atom. The summed E-state index contributed by atoms with van der Waals surface area (Å²) < 4.78 is 34.4. The molecule has 10 heteroatoms. The predicted molar refractivity (Wildman–Crippen MR) is 183 cm³/mol. The molecule has 49 heavy (non-hydrogen) atoms. The van der Waals surface area contributed by atoms with E-state index in [-0.39, 0.29) is 23.2 Å². The molecule has 1 N–H and O–H groups in total. The van der Waals surface area contributed by atoms with Crippen molar-refractivity contribution in [2.75, 3.05) is 13.2 Å². The number of alkyl carbamates (subject to hydrolysis) is 1. The molecular weight excluding hydrogens is 626 g/mol. The number of rotatable bonds is 9. The lowest BCUT2D eigenvalue weighted by molar-refractivity contribution is -0.136. The van der Waals surface area contributed by atoms with E-state index in [1.165, 1.54) is 12.1 Å². The average Bonchev–Trinajstić information content (AvgIpc) is 3.07. The van der Waals surface area contributed by atoms with E-state index in [0.717, 1.165) is 11.1 Å². The third-order valence-electron chi connectivity index (χ3n) is 7.68. The fourth-order valence-electron chi connectivity index (χ4n) is 5.41. The first-order valence-electron chi connectivity index (χ1n) is 16.0. The molecule has 1 unspecified atom stereocenters. The Bertz CT molecular complexity index is 2030. The number of benzene rings is 4. The van der Waals surface area contributed by atoms with Gasteiger partial charge in [0, 0.05) is 12.5 Å². The molecule has 0 aliphatic carbocycles. The number of fused-ring (bicyclic) bond motifs is 2. The average molecular weight is 664 g/mol. The summed E-state index contributed by atoms with van der Waals surface area (Å²) in [6, 6.07) is 25.9. The van der Waals surface area contributed by atoms with E-state index >= 15 is 0 Å². The number of nitrogens with one attached hydrogen (secondary N) is 1. The zero-order valence-electron chi connectivity index (χ0n) is 27.7. The fraction of sp³-hybridized carbons (Fsp3) is 0.256. The maximum Gasteiger partial charge on any atom is 0.408 e. The standard InChI is InChI=1S/C39H37NO9/c1-24-35(27-12-17-32-34(21-27)45-19-18-44-32)36(41)30-16-15-29(22-33(30)47-24)48-37(42)31(40-38(43)49-39(2,3)4)20-25-10-13-28(14-11-25)46-23-26-8-6-5-7-9-26/h5-17,21-22,31H,18-20,23H2,1-4H3,(H,40,43). The first-order valence-corrected chi connectivity index (χ1v) is 16.0. The van der Waals surface area contributed by atoms with E-state index in [1.54, 1.807) is 64.1 Å². The molecule has 0 spiro atoms. The van der Waals surface area contributed by atoms with Crippen LogP contribution < -0.4 is 29.7 Å². The Kier molecular flexibility index (Phi) is 9.57. The van der Waals surface area contributed by atoms with Crippen LogP contribution in [0.25, 0.3) is 22.1 Å². The molecule has 1 atom stereocenters. The molecule has 10 nitrogen and oxygen atoms in total. The van der Waals surface area contributed by atoms with E-state index in [2.05, 4.69) is 5.32 Å². The van der Waals surface area contributed by atoms with E-state index in [4.69, 9.17) is 28.1 Å². The van der Waals surface area contributed by atoms with Crippen LogP contribution in [0, 0.1) is 6.92 Å². The molecule has 1 aromatic heterocycles. The largest absolute Gasteiger partial charge is 0.489 e. The fourth-order valence-corrected chi connectivity index (χ4v) is 5.41. The topological polar surface area (TPSA) is 123 Å². The summed E-state index contributed by atoms with van der Waals surface area (Å²) in [6.45, 7) is 8.21. The smallest absolute Gasteiger partial charge is 0.408 e. The summed E-state index contributed by atoms with van der Waals surface area (Å²) in [4.78, 5) is 39.9. The van der Waals surface area contributed by atoms with Crippen LogP contribution in [0.3, 0.4) is 0 Å². The van der Waals surface area contributed by atoms with Gasteiger partial charge in [-0.1, -0.05) is 48.5 Å². The molecule has 0 saturated carbocycles. The monoisotopic (exact) mass is 663 g/mol. The molecule has 1 aliphatic heterocycles. The van der Waals surface area contributed by atoms with Crippen molar-refractivity contribution in [3.63, 3.8) is 0 Å². The lowest BCUT2D eigenvalue weighted by atomic mass is 10.0. The van der Waals surface area contributed by atoms with Gasteiger partial charge in [0.25, 0.3) is 0 Å². The van der Waals surface area contributed by atoms with Gasteiger partial charge in [0.05, 0.1) is 10.9 Å². The highest BCUT2D eigenvalue weighted by Gasteiger charge is 2.27. The summed E-state index contributed by atoms with van der Waals surface area (Å²) in [5.41, 5.74) is 2.07. The Morgan fingerprint density at radius 3 is 2.29 bits per heavy atom. The number of amides is 1. The zero-order valence-corrected chi connectivity index (χ0v) is 27.7. The second kappa shape index (κ2) is 14.1. The van der Waals surface area contributed by atoms with Crippen LogP contribution in [0.5, 0.6) is 23.0 Å². The van der Waals surface area contributed by atoms with Gasteiger partial charge < -0.3 is 33.4 Å². The van der Waals surface area contributed by atoms with E-state index in [0.29, 0.717) is 59.3 Å². The molecule has 5 aromatic rings. The zero-order chi connectivity index (χ0) is 34.5. The van der Waals surface area contributed by atoms with E-state index in [1.807, 2.05) is 42.5 Å². The third kappa shape index (κ3) is 8.21. The van der Waals surface area contributed by atoms with Gasteiger partial charge in [-0.3, -0.25) is 4.79 Å². The van der Waals surface area contributed by atoms with Gasteiger partial charge in [-0.15, -0.1) is 0 Å². The van der Waals surface area contributed by atoms with E-state index in [9.17, 15) is 14.4 Å². The quantitative estimate of drug-likeness (QED) is 0.129. The van der Waals surface area contributed by atoms with Crippen LogP contribution in [0.2, 0.25) is 0 Å². The number of carbonyl (C=O) groups is 2. The van der Waals surface area contributed by atoms with Crippen molar-refractivity contribution in [1.82, 2.24) is 5.32 Å². The lowest BCUT2D eigenvalue weighted by Crippen LogP contribution is -2.46. The van der Waals surface area contributed by atoms with Crippen molar-refractivity contribution in [3.05, 3.63) is 118 Å². The van der Waals surface area contributed by atoms with Crippen LogP contribution in [-0.2, 0) is 22.6 Å². The minimum Gasteiger partial charge on any atom is -0.489 e. The van der Waals surface area contributed by atoms with Crippen molar-refractivity contribution in [2.45, 2.75) is 52.4 Å². The second-order valence-electron chi connectivity index (χ2n) is 12.6. The first-order chi connectivity index (χ1) is 23.5. The minimum absolute atomic E-state index is 0.123. The molecular formula is C39H37NO9. The van der Waals surface area contributed by atoms with Crippen molar-refractivity contribution < 1.29 is 37.7 Å². The van der Waals surface area contributed by atoms with Gasteiger partial charge in [0.2, 0.25) is 5.43 Å². The summed E-state index contributed by atoms with van der Waals surface area (Å²) >= 11 is 0. The number of hydrogen-bond donors (Lipinski definition) is 1. The van der Waals surface area contributed by atoms with Crippen molar-refractivity contribution in [3.8, 4) is 34.1 Å². The number of esters is 1. The van der Waals surface area contributed by atoms with Crippen molar-refractivity contribution in [1.29, 1.82) is 0 Å². The molecule has 2 heterocycles. The van der Waals surface area contributed by atoms with Gasteiger partial charge in [-0.05, 0) is 80.8 Å². The van der Waals surface area contributed by atoms with Crippen LogP contribution >= 0.6 is 0 Å². The van der Waals surface area contributed by atoms with Crippen LogP contribution in [0.4, 0.5) is 4.79 Å². The molecule has 0 fully saturated rings. The summed E-state index contributed by atoms with van der Waals surface area (Å²) in [7, 11) is 0. The molecule has 0 radical (unpaired) electrons. The molecule has 1 amide bonds. The molecule has 252 valence electrons. The van der Waals surface area contributed by atoms with Crippen LogP contribution in [0.1, 0.15) is 37.7 Å². The van der Waals surface area contributed by atoms with Gasteiger partial charge in [-0.25, -0.2) is 9.59 Å². The Hall–Kier alpha value is -5.77. The number of aryl methyl sites for hydroxylation is 1. The molecule has 0 saturated heterocycles. The molecule has 0 bridgehead atoms. The maximum absolute atomic E-state index is 13.6. The highest BCUT2D eigenvalue weighted by Crippen LogP contribution is 2.35. The SMILES string of the molecule is Cc1oc2cc(OC(=O)C(Cc3ccc(OCc4ccccc4)cc3)NC(=O)OC(C)(C)C)ccc2c(=O)c1-c1ccc2c(c1)OCCO2. The highest BCUT2D eigenvalue weighted by molar-refractivity contribution is 5.87. The summed E-state index contributed by atoms with van der Waals surface area (Å²) in [5.74, 6) is 1.66. The third-order valence-corrected chi connectivity index (χ3v) is 7.68. The number of ether oxygens (including phenoxy) is 5. The predicted octanol–water partition coefficient (Wildman–Crippen LogP) is 7.16. The van der Waals surface area contributed by atoms with Crippen molar-refractivity contribution >= 4 is 23.0 Å². The van der Waals surface area contributed by atoms with Crippen LogP contribution in [-0.4, -0.2) is 36.9 Å². The molecule has 4 aromatic carbocycles. The van der Waals surface area contributed by atoms with Crippen molar-refractivity contribution in [2.24, 2.45) is 0 Å². The van der Waals surface area contributed by atoms with E-state index < -0.39 is 23.7 Å². The van der Waals surface area contributed by atoms with Gasteiger partial charge >= 0.3 is 12.1 Å². The lowest BCUT2D eigenvalue weighted by Gasteiger charge is -2.23. The first kappa shape index (κ1) is 33.1. The maximum atomic E-state index is 13.6. The number of hydrogen-bond acceptors (Lipinski definition) is 9. The molecule has 1 aliphatic rings. The van der Waals surface area contributed by atoms with Gasteiger partial charge in [0.1, 0.15) is 54.3 Å². The molecule has 6 rings (SSSR count). The summed E-state index contributed by atoms with van der Waals surface area (Å²) in [6.07, 6.45) is -0.637. The summed E-state index contributed by atoms with van der Waals surface area (Å²) in [5, 5.41) is 2.96. The number of carbonyl (C=O) groups excluding carboxylic acids is 2. The van der Waals surface area contributed by atoms with Gasteiger partial charge in [0.15, 0.2) is 11.5 Å². The van der Waals surface area contributed by atoms with Gasteiger partial charge in [-0.2, -0.15) is 0 Å². The van der Waals surface area contributed by atoms with Crippen LogP contribution in [0.15, 0.2) is 100 Å². The Morgan fingerprint density at radius 2 is 1.55 bits per heavy atom. The Labute approximate surface area is 283 Å². The highest BCUT2D eigenvalue weighted by atomic mass is 16.6. The minimum atomic E-state index is -1.09. The normalized spacial score (nSPS) is 13.0.